The largest absolute Gasteiger partial charge is 0.389 e. The molecule has 104 valence electrons. The van der Waals surface area contributed by atoms with Crippen LogP contribution in [0.5, 0.6) is 0 Å². The lowest BCUT2D eigenvalue weighted by Crippen LogP contribution is -2.22. The third kappa shape index (κ3) is 3.14. The molecule has 0 aliphatic rings. The first-order valence-corrected chi connectivity index (χ1v) is 6.75. The predicted molar refractivity (Wildman–Crippen MR) is 85.6 cm³/mol. The minimum atomic E-state index is -0.205. The van der Waals surface area contributed by atoms with Gasteiger partial charge >= 0.3 is 0 Å². The molecule has 0 radical (unpaired) electrons. The van der Waals surface area contributed by atoms with Gasteiger partial charge in [0.15, 0.2) is 0 Å². The van der Waals surface area contributed by atoms with E-state index >= 15 is 0 Å². The summed E-state index contributed by atoms with van der Waals surface area (Å²) in [5.74, 6) is -0.205. The van der Waals surface area contributed by atoms with Crippen LogP contribution in [0.25, 0.3) is 0 Å². The van der Waals surface area contributed by atoms with Gasteiger partial charge in [-0.2, -0.15) is 0 Å². The van der Waals surface area contributed by atoms with Crippen LogP contribution in [-0.4, -0.2) is 12.0 Å². The predicted octanol–water partition coefficient (Wildman–Crippen LogP) is 3.40. The van der Waals surface area contributed by atoms with Crippen LogP contribution >= 0.6 is 12.2 Å². The van der Waals surface area contributed by atoms with Gasteiger partial charge in [0.25, 0.3) is 0 Å². The van der Waals surface area contributed by atoms with E-state index in [1.54, 1.807) is 12.1 Å². The van der Waals surface area contributed by atoms with Crippen molar-refractivity contribution in [2.24, 2.45) is 5.73 Å². The summed E-state index contributed by atoms with van der Waals surface area (Å²) in [6.45, 7) is 2.47. The summed E-state index contributed by atoms with van der Waals surface area (Å²) in [6, 6.07) is 12.6. The van der Waals surface area contributed by atoms with Crippen LogP contribution in [0, 0.1) is 12.7 Å². The van der Waals surface area contributed by atoms with E-state index in [2.05, 4.69) is 0 Å². The number of benzene rings is 2. The van der Waals surface area contributed by atoms with Crippen molar-refractivity contribution < 1.29 is 4.39 Å². The quantitative estimate of drug-likeness (QED) is 0.874. The maximum absolute atomic E-state index is 13.7. The minimum Gasteiger partial charge on any atom is -0.389 e. The van der Waals surface area contributed by atoms with E-state index in [1.165, 1.54) is 6.07 Å². The third-order valence-electron chi connectivity index (χ3n) is 3.20. The fourth-order valence-corrected chi connectivity index (χ4v) is 2.31. The van der Waals surface area contributed by atoms with Gasteiger partial charge in [0.1, 0.15) is 10.8 Å². The summed E-state index contributed by atoms with van der Waals surface area (Å²) in [5, 5.41) is 0. The molecule has 2 nitrogen and oxygen atoms in total. The number of rotatable bonds is 4. The highest BCUT2D eigenvalue weighted by Gasteiger charge is 2.12. The SMILES string of the molecule is Cc1ccc(C(N)=S)c(N(C)Cc2ccccc2F)c1. The molecule has 0 unspecified atom stereocenters. The Morgan fingerprint density at radius 1 is 1.25 bits per heavy atom. The molecule has 0 aliphatic heterocycles. The first-order valence-electron chi connectivity index (χ1n) is 6.34. The zero-order chi connectivity index (χ0) is 14.7. The van der Waals surface area contributed by atoms with Crippen LogP contribution in [0.15, 0.2) is 42.5 Å². The van der Waals surface area contributed by atoms with Crippen molar-refractivity contribution in [1.29, 1.82) is 0 Å². The zero-order valence-corrected chi connectivity index (χ0v) is 12.4. The van der Waals surface area contributed by atoms with Gasteiger partial charge in [0.05, 0.1) is 0 Å². The van der Waals surface area contributed by atoms with Crippen molar-refractivity contribution in [2.45, 2.75) is 13.5 Å². The second-order valence-corrected chi connectivity index (χ2v) is 5.27. The number of nitrogens with two attached hydrogens (primary N) is 1. The Kier molecular flexibility index (Phi) is 4.35. The molecule has 2 aromatic carbocycles. The normalized spacial score (nSPS) is 10.3. The Labute approximate surface area is 124 Å². The first-order chi connectivity index (χ1) is 9.49. The number of hydrogen-bond acceptors (Lipinski definition) is 2. The van der Waals surface area contributed by atoms with Crippen LogP contribution in [-0.2, 0) is 6.54 Å². The standard InChI is InChI=1S/C16H17FN2S/c1-11-7-8-13(16(18)20)15(9-11)19(2)10-12-5-3-4-6-14(12)17/h3-9H,10H2,1-2H3,(H2,18,20). The Balaban J connectivity index is 2.34. The third-order valence-corrected chi connectivity index (χ3v) is 3.42. The maximum atomic E-state index is 13.7. The molecule has 0 fully saturated rings. The molecule has 20 heavy (non-hydrogen) atoms. The molecule has 2 N–H and O–H groups in total. The van der Waals surface area contributed by atoms with Crippen molar-refractivity contribution in [3.63, 3.8) is 0 Å². The van der Waals surface area contributed by atoms with Gasteiger partial charge in [-0.3, -0.25) is 0 Å². The van der Waals surface area contributed by atoms with Gasteiger partial charge < -0.3 is 10.6 Å². The van der Waals surface area contributed by atoms with E-state index in [1.807, 2.05) is 43.1 Å². The van der Waals surface area contributed by atoms with Gasteiger partial charge in [-0.15, -0.1) is 0 Å². The van der Waals surface area contributed by atoms with E-state index in [9.17, 15) is 4.39 Å². The van der Waals surface area contributed by atoms with Crippen molar-refractivity contribution in [3.05, 3.63) is 65.0 Å². The van der Waals surface area contributed by atoms with E-state index in [0.717, 1.165) is 16.8 Å². The minimum absolute atomic E-state index is 0.205. The lowest BCUT2D eigenvalue weighted by atomic mass is 10.1. The van der Waals surface area contributed by atoms with Crippen molar-refractivity contribution >= 4 is 22.9 Å². The van der Waals surface area contributed by atoms with Crippen molar-refractivity contribution in [1.82, 2.24) is 0 Å². The fourth-order valence-electron chi connectivity index (χ4n) is 2.13. The number of thiocarbonyl (C=S) groups is 1. The van der Waals surface area contributed by atoms with E-state index < -0.39 is 0 Å². The molecule has 2 aromatic rings. The van der Waals surface area contributed by atoms with Crippen LogP contribution in [0.2, 0.25) is 0 Å². The molecule has 0 saturated carbocycles. The van der Waals surface area contributed by atoms with Gasteiger partial charge in [0.2, 0.25) is 0 Å². The Morgan fingerprint density at radius 3 is 2.60 bits per heavy atom. The molecule has 2 rings (SSSR count). The molecule has 0 heterocycles. The monoisotopic (exact) mass is 288 g/mol. The molecule has 0 atom stereocenters. The van der Waals surface area contributed by atoms with Crippen LogP contribution in [0.1, 0.15) is 16.7 Å². The summed E-state index contributed by atoms with van der Waals surface area (Å²) in [7, 11) is 1.91. The molecule has 0 spiro atoms. The molecular formula is C16H17FN2S. The summed E-state index contributed by atoms with van der Waals surface area (Å²) in [6.07, 6.45) is 0. The van der Waals surface area contributed by atoms with E-state index in [-0.39, 0.29) is 5.82 Å². The van der Waals surface area contributed by atoms with Gasteiger partial charge in [-0.1, -0.05) is 36.5 Å². The Bertz CT molecular complexity index is 640. The number of hydrogen-bond donors (Lipinski definition) is 1. The van der Waals surface area contributed by atoms with Crippen LogP contribution < -0.4 is 10.6 Å². The number of halogens is 1. The number of anilines is 1. The molecule has 0 aliphatic carbocycles. The summed E-state index contributed by atoms with van der Waals surface area (Å²) < 4.78 is 13.7. The fraction of sp³-hybridized carbons (Fsp3) is 0.188. The second kappa shape index (κ2) is 6.01. The molecule has 4 heteroatoms. The van der Waals surface area contributed by atoms with Crippen LogP contribution in [0.4, 0.5) is 10.1 Å². The lowest BCUT2D eigenvalue weighted by molar-refractivity contribution is 0.608. The van der Waals surface area contributed by atoms with Gasteiger partial charge in [-0.25, -0.2) is 4.39 Å². The summed E-state index contributed by atoms with van der Waals surface area (Å²) in [4.78, 5) is 2.31. The van der Waals surface area contributed by atoms with Crippen molar-refractivity contribution in [2.75, 3.05) is 11.9 Å². The highest BCUT2D eigenvalue weighted by Crippen LogP contribution is 2.23. The second-order valence-electron chi connectivity index (χ2n) is 4.83. The Morgan fingerprint density at radius 2 is 1.95 bits per heavy atom. The highest BCUT2D eigenvalue weighted by atomic mass is 32.1. The van der Waals surface area contributed by atoms with Crippen LogP contribution in [0.3, 0.4) is 0 Å². The average molecular weight is 288 g/mol. The van der Waals surface area contributed by atoms with E-state index in [4.69, 9.17) is 18.0 Å². The zero-order valence-electron chi connectivity index (χ0n) is 11.6. The maximum Gasteiger partial charge on any atom is 0.128 e. The summed E-state index contributed by atoms with van der Waals surface area (Å²) >= 11 is 5.08. The number of nitrogens with zero attached hydrogens (tertiary/aromatic N) is 1. The lowest BCUT2D eigenvalue weighted by Gasteiger charge is -2.23. The smallest absolute Gasteiger partial charge is 0.128 e. The molecular weight excluding hydrogens is 271 g/mol. The highest BCUT2D eigenvalue weighted by molar-refractivity contribution is 7.80. The molecule has 0 amide bonds. The Hall–Kier alpha value is -1.94. The molecule has 0 bridgehead atoms. The van der Waals surface area contributed by atoms with Crippen molar-refractivity contribution in [3.8, 4) is 0 Å². The topological polar surface area (TPSA) is 29.3 Å². The summed E-state index contributed by atoms with van der Waals surface area (Å²) in [5.41, 5.74) is 9.24. The van der Waals surface area contributed by atoms with Gasteiger partial charge in [0, 0.05) is 30.4 Å². The first kappa shape index (κ1) is 14.5. The molecule has 0 aromatic heterocycles. The number of aryl methyl sites for hydroxylation is 1. The van der Waals surface area contributed by atoms with E-state index in [0.29, 0.717) is 17.1 Å². The molecule has 0 saturated heterocycles. The van der Waals surface area contributed by atoms with Gasteiger partial charge in [-0.05, 0) is 30.7 Å². The average Bonchev–Trinajstić information content (AvgIpc) is 2.40.